The number of rotatable bonds is 4. The fourth-order valence-corrected chi connectivity index (χ4v) is 2.89. The molecule has 0 fully saturated rings. The molecule has 0 saturated heterocycles. The van der Waals surface area contributed by atoms with Crippen LogP contribution in [0.3, 0.4) is 0 Å². The normalized spacial score (nSPS) is 13.1. The Hall–Kier alpha value is -2.29. The summed E-state index contributed by atoms with van der Waals surface area (Å²) in [5, 5.41) is 0. The maximum Gasteiger partial charge on any atom is 0.159 e. The molecule has 3 nitrogen and oxygen atoms in total. The van der Waals surface area contributed by atoms with Crippen molar-refractivity contribution in [1.82, 2.24) is 0 Å². The zero-order valence-electron chi connectivity index (χ0n) is 12.4. The topological polar surface area (TPSA) is 29.5 Å². The third-order valence-electron chi connectivity index (χ3n) is 4.03. The van der Waals surface area contributed by atoms with Crippen LogP contribution in [0, 0.1) is 0 Å². The minimum absolute atomic E-state index is 0.126. The molecule has 2 aromatic carbocycles. The number of carbonyl (C=O) groups is 1. The monoisotopic (exact) mass is 281 g/mol. The van der Waals surface area contributed by atoms with Crippen molar-refractivity contribution >= 4 is 11.5 Å². The zero-order chi connectivity index (χ0) is 14.8. The summed E-state index contributed by atoms with van der Waals surface area (Å²) in [7, 11) is 1.70. The molecule has 2 aromatic rings. The third-order valence-corrected chi connectivity index (χ3v) is 4.03. The molecule has 0 bridgehead atoms. The van der Waals surface area contributed by atoms with Gasteiger partial charge in [-0.2, -0.15) is 0 Å². The molecule has 3 heteroatoms. The maximum absolute atomic E-state index is 11.5. The van der Waals surface area contributed by atoms with Crippen LogP contribution in [0.1, 0.15) is 28.4 Å². The Morgan fingerprint density at radius 1 is 1.24 bits per heavy atom. The first-order valence-corrected chi connectivity index (χ1v) is 7.20. The second-order valence-electron chi connectivity index (χ2n) is 5.38. The fourth-order valence-electron chi connectivity index (χ4n) is 2.89. The van der Waals surface area contributed by atoms with Crippen molar-refractivity contribution in [2.24, 2.45) is 0 Å². The van der Waals surface area contributed by atoms with E-state index in [1.54, 1.807) is 14.0 Å². The Morgan fingerprint density at radius 3 is 2.81 bits per heavy atom. The highest BCUT2D eigenvalue weighted by atomic mass is 16.5. The van der Waals surface area contributed by atoms with Gasteiger partial charge in [0.2, 0.25) is 0 Å². The fraction of sp³-hybridized carbons (Fsp3) is 0.278. The Kier molecular flexibility index (Phi) is 3.65. The molecule has 0 radical (unpaired) electrons. The van der Waals surface area contributed by atoms with Gasteiger partial charge >= 0.3 is 0 Å². The SMILES string of the molecule is COc1ccccc1CN1CCc2cc(C(C)=O)ccc21. The maximum atomic E-state index is 11.5. The molecular formula is C18H19NO2. The van der Waals surface area contributed by atoms with Crippen LogP contribution >= 0.6 is 0 Å². The quantitative estimate of drug-likeness (QED) is 0.804. The van der Waals surface area contributed by atoms with Crippen molar-refractivity contribution in [1.29, 1.82) is 0 Å². The highest BCUT2D eigenvalue weighted by molar-refractivity contribution is 5.94. The van der Waals surface area contributed by atoms with E-state index < -0.39 is 0 Å². The van der Waals surface area contributed by atoms with Gasteiger partial charge in [0.05, 0.1) is 7.11 Å². The predicted molar refractivity (Wildman–Crippen MR) is 84.2 cm³/mol. The second kappa shape index (κ2) is 5.60. The average Bonchev–Trinajstić information content (AvgIpc) is 2.90. The third kappa shape index (κ3) is 2.64. The summed E-state index contributed by atoms with van der Waals surface area (Å²) < 4.78 is 5.42. The van der Waals surface area contributed by atoms with Gasteiger partial charge in [-0.25, -0.2) is 0 Å². The average molecular weight is 281 g/mol. The number of carbonyl (C=O) groups excluding carboxylic acids is 1. The standard InChI is InChI=1S/C18H19NO2/c1-13(20)14-7-8-17-15(11-14)9-10-19(17)12-16-5-3-4-6-18(16)21-2/h3-8,11H,9-10,12H2,1-2H3. The molecule has 21 heavy (non-hydrogen) atoms. The van der Waals surface area contributed by atoms with E-state index in [0.29, 0.717) is 0 Å². The van der Waals surface area contributed by atoms with E-state index in [2.05, 4.69) is 17.0 Å². The van der Waals surface area contributed by atoms with Gasteiger partial charge in [-0.3, -0.25) is 4.79 Å². The van der Waals surface area contributed by atoms with Gasteiger partial charge in [0.15, 0.2) is 5.78 Å². The number of anilines is 1. The lowest BCUT2D eigenvalue weighted by Crippen LogP contribution is -2.20. The first-order chi connectivity index (χ1) is 10.2. The molecule has 0 aromatic heterocycles. The molecule has 0 aliphatic carbocycles. The highest BCUT2D eigenvalue weighted by Gasteiger charge is 2.20. The Morgan fingerprint density at radius 2 is 2.05 bits per heavy atom. The number of hydrogen-bond donors (Lipinski definition) is 0. The molecule has 1 aliphatic heterocycles. The summed E-state index contributed by atoms with van der Waals surface area (Å²) in [4.78, 5) is 13.8. The minimum Gasteiger partial charge on any atom is -0.496 e. The van der Waals surface area contributed by atoms with Gasteiger partial charge in [-0.15, -0.1) is 0 Å². The molecule has 0 amide bonds. The molecule has 1 aliphatic rings. The van der Waals surface area contributed by atoms with Gasteiger partial charge < -0.3 is 9.64 Å². The number of methoxy groups -OCH3 is 1. The Labute approximate surface area is 125 Å². The number of benzene rings is 2. The van der Waals surface area contributed by atoms with E-state index >= 15 is 0 Å². The summed E-state index contributed by atoms with van der Waals surface area (Å²) in [5.41, 5.74) is 4.47. The van der Waals surface area contributed by atoms with Gasteiger partial charge in [0.25, 0.3) is 0 Å². The van der Waals surface area contributed by atoms with Crippen LogP contribution in [0.2, 0.25) is 0 Å². The molecule has 108 valence electrons. The van der Waals surface area contributed by atoms with E-state index in [1.807, 2.05) is 30.3 Å². The molecular weight excluding hydrogens is 262 g/mol. The molecule has 0 unspecified atom stereocenters. The molecule has 1 heterocycles. The number of ketones is 1. The number of Topliss-reactive ketones (excluding diaryl/α,β-unsaturated/α-hetero) is 1. The van der Waals surface area contributed by atoms with Crippen molar-refractivity contribution in [3.63, 3.8) is 0 Å². The van der Waals surface area contributed by atoms with Crippen molar-refractivity contribution in [2.45, 2.75) is 19.9 Å². The van der Waals surface area contributed by atoms with Crippen LogP contribution < -0.4 is 9.64 Å². The van der Waals surface area contributed by atoms with Crippen molar-refractivity contribution in [3.05, 3.63) is 59.2 Å². The van der Waals surface area contributed by atoms with Crippen LogP contribution in [-0.4, -0.2) is 19.4 Å². The lowest BCUT2D eigenvalue weighted by atomic mass is 10.1. The van der Waals surface area contributed by atoms with Crippen molar-refractivity contribution in [3.8, 4) is 5.75 Å². The van der Waals surface area contributed by atoms with Crippen LogP contribution in [0.4, 0.5) is 5.69 Å². The number of para-hydroxylation sites is 1. The summed E-state index contributed by atoms with van der Waals surface area (Å²) in [6.07, 6.45) is 0.992. The van der Waals surface area contributed by atoms with Gasteiger partial charge in [-0.1, -0.05) is 18.2 Å². The first kappa shape index (κ1) is 13.7. The number of ether oxygens (including phenoxy) is 1. The van der Waals surface area contributed by atoms with E-state index in [-0.39, 0.29) is 5.78 Å². The van der Waals surface area contributed by atoms with Crippen molar-refractivity contribution < 1.29 is 9.53 Å². The van der Waals surface area contributed by atoms with Crippen LogP contribution in [-0.2, 0) is 13.0 Å². The lowest BCUT2D eigenvalue weighted by molar-refractivity contribution is 0.101. The molecule has 0 N–H and O–H groups in total. The minimum atomic E-state index is 0.126. The largest absolute Gasteiger partial charge is 0.496 e. The molecule has 0 saturated carbocycles. The van der Waals surface area contributed by atoms with E-state index in [0.717, 1.165) is 30.8 Å². The second-order valence-corrected chi connectivity index (χ2v) is 5.38. The van der Waals surface area contributed by atoms with Crippen molar-refractivity contribution in [2.75, 3.05) is 18.6 Å². The zero-order valence-corrected chi connectivity index (χ0v) is 12.4. The first-order valence-electron chi connectivity index (χ1n) is 7.20. The summed E-state index contributed by atoms with van der Waals surface area (Å²) in [6, 6.07) is 14.1. The van der Waals surface area contributed by atoms with E-state index in [1.165, 1.54) is 16.8 Å². The lowest BCUT2D eigenvalue weighted by Gasteiger charge is -2.21. The van der Waals surface area contributed by atoms with E-state index in [9.17, 15) is 4.79 Å². The summed E-state index contributed by atoms with van der Waals surface area (Å²) >= 11 is 0. The molecule has 0 atom stereocenters. The van der Waals surface area contributed by atoms with Crippen LogP contribution in [0.25, 0.3) is 0 Å². The smallest absolute Gasteiger partial charge is 0.159 e. The van der Waals surface area contributed by atoms with Crippen LogP contribution in [0.15, 0.2) is 42.5 Å². The highest BCUT2D eigenvalue weighted by Crippen LogP contribution is 2.31. The van der Waals surface area contributed by atoms with E-state index in [4.69, 9.17) is 4.74 Å². The van der Waals surface area contributed by atoms with Crippen LogP contribution in [0.5, 0.6) is 5.75 Å². The Balaban J connectivity index is 1.86. The predicted octanol–water partition coefficient (Wildman–Crippen LogP) is 3.46. The molecule has 3 rings (SSSR count). The number of fused-ring (bicyclic) bond motifs is 1. The number of hydrogen-bond acceptors (Lipinski definition) is 3. The summed E-state index contributed by atoms with van der Waals surface area (Å²) in [5.74, 6) is 1.05. The van der Waals surface area contributed by atoms with Gasteiger partial charge in [-0.05, 0) is 43.2 Å². The Bertz CT molecular complexity index is 679. The number of nitrogens with zero attached hydrogens (tertiary/aromatic N) is 1. The van der Waals surface area contributed by atoms with Gasteiger partial charge in [0.1, 0.15) is 5.75 Å². The summed E-state index contributed by atoms with van der Waals surface area (Å²) in [6.45, 7) is 3.43. The van der Waals surface area contributed by atoms with Gasteiger partial charge in [0, 0.05) is 29.9 Å². The molecule has 0 spiro atoms.